The number of alkyl halides is 1. The Morgan fingerprint density at radius 2 is 1.83 bits per heavy atom. The molecule has 0 radical (unpaired) electrons. The molecule has 6 heteroatoms. The summed E-state index contributed by atoms with van der Waals surface area (Å²) in [6, 6.07) is -0.280. The molecule has 23 heavy (non-hydrogen) atoms. The van der Waals surface area contributed by atoms with Crippen molar-refractivity contribution in [1.82, 2.24) is 5.32 Å². The highest BCUT2D eigenvalue weighted by Gasteiger charge is 2.34. The van der Waals surface area contributed by atoms with Gasteiger partial charge in [-0.05, 0) is 32.1 Å². The lowest BCUT2D eigenvalue weighted by Crippen LogP contribution is -2.46. The Morgan fingerprint density at radius 1 is 1.13 bits per heavy atom. The maximum atomic E-state index is 12.1. The van der Waals surface area contributed by atoms with Crippen LogP contribution in [0, 0.1) is 11.8 Å². The normalized spacial score (nSPS) is 29.8. The van der Waals surface area contributed by atoms with Crippen LogP contribution in [-0.4, -0.2) is 35.5 Å². The van der Waals surface area contributed by atoms with Gasteiger partial charge < -0.3 is 15.2 Å². The third-order valence-corrected chi connectivity index (χ3v) is 5.45. The molecule has 0 aromatic heterocycles. The second-order valence-electron chi connectivity index (χ2n) is 6.57. The molecule has 3 atom stereocenters. The van der Waals surface area contributed by atoms with Crippen LogP contribution in [0.5, 0.6) is 0 Å². The monoisotopic (exact) mass is 343 g/mol. The van der Waals surface area contributed by atoms with Crippen molar-refractivity contribution in [3.8, 4) is 0 Å². The van der Waals surface area contributed by atoms with E-state index in [0.29, 0.717) is 19.3 Å². The minimum atomic E-state index is -0.339. The molecule has 2 aliphatic rings. The number of hydrogen-bond acceptors (Lipinski definition) is 4. The lowest BCUT2D eigenvalue weighted by molar-refractivity contribution is -0.147. The van der Waals surface area contributed by atoms with Crippen molar-refractivity contribution in [1.29, 1.82) is 0 Å². The molecular formula is C17H26ClNO4. The Bertz CT molecular complexity index is 460. The second kappa shape index (κ2) is 8.57. The highest BCUT2D eigenvalue weighted by molar-refractivity contribution is 6.21. The third kappa shape index (κ3) is 5.13. The Hall–Kier alpha value is -1.23. The summed E-state index contributed by atoms with van der Waals surface area (Å²) in [5.74, 6) is -0.567. The number of nitrogens with one attached hydrogen (secondary N) is 1. The molecule has 2 aliphatic carbocycles. The molecule has 2 rings (SSSR count). The zero-order valence-electron chi connectivity index (χ0n) is 13.6. The van der Waals surface area contributed by atoms with Crippen LogP contribution in [0.15, 0.2) is 11.8 Å². The predicted octanol–water partition coefficient (Wildman–Crippen LogP) is 3.07. The van der Waals surface area contributed by atoms with Crippen LogP contribution in [0.2, 0.25) is 0 Å². The van der Waals surface area contributed by atoms with E-state index in [1.165, 1.54) is 19.6 Å². The van der Waals surface area contributed by atoms with Crippen molar-refractivity contribution < 1.29 is 19.4 Å². The van der Waals surface area contributed by atoms with Crippen LogP contribution in [0.1, 0.15) is 51.4 Å². The van der Waals surface area contributed by atoms with Crippen LogP contribution in [0.25, 0.3) is 0 Å². The Balaban J connectivity index is 1.90. The van der Waals surface area contributed by atoms with Crippen molar-refractivity contribution in [3.63, 3.8) is 0 Å². The first kappa shape index (κ1) is 18.1. The van der Waals surface area contributed by atoms with E-state index in [4.69, 9.17) is 16.3 Å². The first-order chi connectivity index (χ1) is 11.0. The van der Waals surface area contributed by atoms with Crippen LogP contribution in [-0.2, 0) is 14.3 Å². The smallest absolute Gasteiger partial charge is 0.308 e. The van der Waals surface area contributed by atoms with Crippen molar-refractivity contribution in [2.75, 3.05) is 7.11 Å². The second-order valence-corrected chi connectivity index (χ2v) is 7.13. The highest BCUT2D eigenvalue weighted by atomic mass is 35.5. The highest BCUT2D eigenvalue weighted by Crippen LogP contribution is 2.30. The molecule has 130 valence electrons. The van der Waals surface area contributed by atoms with Gasteiger partial charge in [0.25, 0.3) is 0 Å². The largest absolute Gasteiger partial charge is 0.512 e. The lowest BCUT2D eigenvalue weighted by Gasteiger charge is -2.32. The van der Waals surface area contributed by atoms with Gasteiger partial charge in [-0.1, -0.05) is 19.3 Å². The number of ether oxygens (including phenoxy) is 1. The van der Waals surface area contributed by atoms with Gasteiger partial charge in [0.15, 0.2) is 0 Å². The number of methoxy groups -OCH3 is 1. The summed E-state index contributed by atoms with van der Waals surface area (Å²) in [7, 11) is 1.37. The minimum Gasteiger partial charge on any atom is -0.512 e. The number of halogens is 1. The van der Waals surface area contributed by atoms with E-state index in [-0.39, 0.29) is 40.9 Å². The number of allylic oxidation sites excluding steroid dienone is 1. The van der Waals surface area contributed by atoms with E-state index in [2.05, 4.69) is 5.32 Å². The topological polar surface area (TPSA) is 75.6 Å². The number of aliphatic hydroxyl groups is 1. The Kier molecular flexibility index (Phi) is 6.75. The molecule has 0 bridgehead atoms. The summed E-state index contributed by atoms with van der Waals surface area (Å²) in [5.41, 5.74) is 0. The number of aliphatic hydroxyl groups excluding tert-OH is 1. The van der Waals surface area contributed by atoms with Gasteiger partial charge in [0.2, 0.25) is 5.91 Å². The number of carbonyl (C=O) groups excluding carboxylic acids is 2. The van der Waals surface area contributed by atoms with Gasteiger partial charge in [-0.25, -0.2) is 0 Å². The number of rotatable bonds is 4. The molecule has 2 fully saturated rings. The van der Waals surface area contributed by atoms with E-state index in [0.717, 1.165) is 25.7 Å². The Labute approximate surface area is 142 Å². The first-order valence-electron chi connectivity index (χ1n) is 8.44. The van der Waals surface area contributed by atoms with Gasteiger partial charge in [-0.15, -0.1) is 11.6 Å². The van der Waals surface area contributed by atoms with E-state index in [1.807, 2.05) is 0 Å². The summed E-state index contributed by atoms with van der Waals surface area (Å²) in [5, 5.41) is 12.7. The molecule has 0 aromatic rings. The van der Waals surface area contributed by atoms with Crippen molar-refractivity contribution in [3.05, 3.63) is 11.8 Å². The maximum Gasteiger partial charge on any atom is 0.308 e. The molecule has 0 aliphatic heterocycles. The lowest BCUT2D eigenvalue weighted by atomic mass is 9.85. The molecule has 2 N–H and O–H groups in total. The summed E-state index contributed by atoms with van der Waals surface area (Å²) < 4.78 is 4.78. The fourth-order valence-corrected chi connectivity index (χ4v) is 3.83. The van der Waals surface area contributed by atoms with Crippen LogP contribution < -0.4 is 5.32 Å². The number of carbonyl (C=O) groups is 2. The number of esters is 1. The van der Waals surface area contributed by atoms with Gasteiger partial charge in [0.1, 0.15) is 5.76 Å². The molecule has 5 nitrogen and oxygen atoms in total. The van der Waals surface area contributed by atoms with Gasteiger partial charge in [0.05, 0.1) is 18.4 Å². The first-order valence-corrected chi connectivity index (χ1v) is 8.88. The quantitative estimate of drug-likeness (QED) is 0.356. The molecule has 0 aromatic carbocycles. The van der Waals surface area contributed by atoms with Gasteiger partial charge in [0, 0.05) is 18.0 Å². The predicted molar refractivity (Wildman–Crippen MR) is 88.2 cm³/mol. The average Bonchev–Trinajstić information content (AvgIpc) is 2.56. The molecule has 2 saturated carbocycles. The maximum absolute atomic E-state index is 12.1. The average molecular weight is 344 g/mol. The summed E-state index contributed by atoms with van der Waals surface area (Å²) in [6.07, 6.45) is 8.34. The summed E-state index contributed by atoms with van der Waals surface area (Å²) >= 11 is 6.28. The molecule has 0 spiro atoms. The molecule has 0 saturated heterocycles. The fraction of sp³-hybridized carbons (Fsp3) is 0.765. The minimum absolute atomic E-state index is 0.0930. The number of amides is 1. The third-order valence-electron chi connectivity index (χ3n) is 4.93. The van der Waals surface area contributed by atoms with E-state index >= 15 is 0 Å². The van der Waals surface area contributed by atoms with Gasteiger partial charge in [-0.2, -0.15) is 0 Å². The zero-order chi connectivity index (χ0) is 16.8. The van der Waals surface area contributed by atoms with Gasteiger partial charge >= 0.3 is 5.97 Å². The summed E-state index contributed by atoms with van der Waals surface area (Å²) in [6.45, 7) is 0. The SMILES string of the molecule is COC(=O)C1CCC(Cl)C(NC(=O)C=C(O)C2CCCCC2)C1. The Morgan fingerprint density at radius 3 is 2.48 bits per heavy atom. The van der Waals surface area contributed by atoms with Crippen molar-refractivity contribution >= 4 is 23.5 Å². The van der Waals surface area contributed by atoms with Crippen LogP contribution in [0.4, 0.5) is 0 Å². The molecule has 3 unspecified atom stereocenters. The molecule has 1 amide bonds. The molecular weight excluding hydrogens is 318 g/mol. The van der Waals surface area contributed by atoms with E-state index in [9.17, 15) is 14.7 Å². The standard InChI is InChI=1S/C17H26ClNO4/c1-23-17(22)12-7-8-13(18)14(9-12)19-16(21)10-15(20)11-5-3-2-4-6-11/h10-14,20H,2-9H2,1H3,(H,19,21). The molecule has 0 heterocycles. The zero-order valence-corrected chi connectivity index (χ0v) is 14.3. The van der Waals surface area contributed by atoms with Crippen LogP contribution in [0.3, 0.4) is 0 Å². The van der Waals surface area contributed by atoms with Crippen molar-refractivity contribution in [2.45, 2.75) is 62.8 Å². The van der Waals surface area contributed by atoms with E-state index < -0.39 is 0 Å². The number of hydrogen-bond donors (Lipinski definition) is 2. The van der Waals surface area contributed by atoms with Crippen molar-refractivity contribution in [2.24, 2.45) is 11.8 Å². The fourth-order valence-electron chi connectivity index (χ4n) is 3.54. The van der Waals surface area contributed by atoms with Crippen LogP contribution >= 0.6 is 11.6 Å². The van der Waals surface area contributed by atoms with E-state index in [1.54, 1.807) is 0 Å². The van der Waals surface area contributed by atoms with Gasteiger partial charge in [-0.3, -0.25) is 9.59 Å². The summed E-state index contributed by atoms with van der Waals surface area (Å²) in [4.78, 5) is 23.8.